The fourth-order valence-corrected chi connectivity index (χ4v) is 3.90. The van der Waals surface area contributed by atoms with Crippen LogP contribution in [-0.4, -0.2) is 40.4 Å². The lowest BCUT2D eigenvalue weighted by molar-refractivity contribution is 0.122. The van der Waals surface area contributed by atoms with Crippen molar-refractivity contribution < 1.29 is 0 Å². The second-order valence-corrected chi connectivity index (χ2v) is 6.77. The summed E-state index contributed by atoms with van der Waals surface area (Å²) in [5.41, 5.74) is 7.91. The maximum absolute atomic E-state index is 6.61. The summed E-state index contributed by atoms with van der Waals surface area (Å²) in [6.07, 6.45) is 10.3. The molecule has 0 aliphatic heterocycles. The Bertz CT molecular complexity index is 428. The van der Waals surface area contributed by atoms with E-state index in [0.717, 1.165) is 25.0 Å². The Balaban J connectivity index is 2.07. The highest BCUT2D eigenvalue weighted by molar-refractivity contribution is 5.09. The van der Waals surface area contributed by atoms with Gasteiger partial charge in [0.25, 0.3) is 0 Å². The fourth-order valence-electron chi connectivity index (χ4n) is 3.90. The van der Waals surface area contributed by atoms with Gasteiger partial charge in [-0.15, -0.1) is 0 Å². The standard InChI is InChI=1S/C17H32N4/c1-5-15(6-2)21-12-9-14(19-21)13-16(18)17(20(3)4)10-7-8-11-17/h9,12,15-16H,5-8,10-11,13,18H2,1-4H3. The van der Waals surface area contributed by atoms with E-state index < -0.39 is 0 Å². The first kappa shape index (κ1) is 16.5. The van der Waals surface area contributed by atoms with Crippen molar-refractivity contribution in [1.82, 2.24) is 14.7 Å². The lowest BCUT2D eigenvalue weighted by Gasteiger charge is -2.41. The number of nitrogens with zero attached hydrogens (tertiary/aromatic N) is 3. The van der Waals surface area contributed by atoms with E-state index in [0.29, 0.717) is 6.04 Å². The molecule has 1 heterocycles. The van der Waals surface area contributed by atoms with Crippen molar-refractivity contribution >= 4 is 0 Å². The van der Waals surface area contributed by atoms with Crippen LogP contribution in [-0.2, 0) is 6.42 Å². The maximum atomic E-state index is 6.61. The van der Waals surface area contributed by atoms with Crippen molar-refractivity contribution in [3.63, 3.8) is 0 Å². The van der Waals surface area contributed by atoms with E-state index in [1.807, 2.05) is 0 Å². The highest BCUT2D eigenvalue weighted by atomic mass is 15.3. The van der Waals surface area contributed by atoms with Crippen molar-refractivity contribution in [3.8, 4) is 0 Å². The Kier molecular flexibility index (Phi) is 5.44. The van der Waals surface area contributed by atoms with Crippen LogP contribution in [0.1, 0.15) is 64.1 Å². The van der Waals surface area contributed by atoms with Gasteiger partial charge in [-0.25, -0.2) is 0 Å². The highest BCUT2D eigenvalue weighted by Crippen LogP contribution is 2.36. The third-order valence-corrected chi connectivity index (χ3v) is 5.46. The number of hydrogen-bond acceptors (Lipinski definition) is 3. The molecule has 2 rings (SSSR count). The van der Waals surface area contributed by atoms with E-state index in [4.69, 9.17) is 10.8 Å². The van der Waals surface area contributed by atoms with Crippen LogP contribution in [0.3, 0.4) is 0 Å². The molecule has 0 spiro atoms. The van der Waals surface area contributed by atoms with E-state index >= 15 is 0 Å². The summed E-state index contributed by atoms with van der Waals surface area (Å²) in [6, 6.07) is 2.83. The molecule has 0 amide bonds. The van der Waals surface area contributed by atoms with Crippen molar-refractivity contribution in [2.75, 3.05) is 14.1 Å². The van der Waals surface area contributed by atoms with E-state index in [1.165, 1.54) is 25.7 Å². The second kappa shape index (κ2) is 6.93. The zero-order chi connectivity index (χ0) is 15.5. The largest absolute Gasteiger partial charge is 0.326 e. The van der Waals surface area contributed by atoms with E-state index in [1.54, 1.807) is 0 Å². The summed E-state index contributed by atoms with van der Waals surface area (Å²) in [5.74, 6) is 0. The Morgan fingerprint density at radius 3 is 2.43 bits per heavy atom. The molecule has 4 nitrogen and oxygen atoms in total. The van der Waals surface area contributed by atoms with Crippen LogP contribution in [0.15, 0.2) is 12.3 Å². The molecule has 1 aliphatic rings. The van der Waals surface area contributed by atoms with Crippen molar-refractivity contribution in [3.05, 3.63) is 18.0 Å². The van der Waals surface area contributed by atoms with Gasteiger partial charge < -0.3 is 10.6 Å². The first-order chi connectivity index (χ1) is 10.0. The molecule has 1 aliphatic carbocycles. The first-order valence-corrected chi connectivity index (χ1v) is 8.50. The van der Waals surface area contributed by atoms with Crippen LogP contribution in [0.2, 0.25) is 0 Å². The lowest BCUT2D eigenvalue weighted by atomic mass is 9.85. The predicted molar refractivity (Wildman–Crippen MR) is 88.4 cm³/mol. The SMILES string of the molecule is CCC(CC)n1ccc(CC(N)C2(N(C)C)CCCC2)n1. The number of aromatic nitrogens is 2. The van der Waals surface area contributed by atoms with E-state index in [2.05, 4.69) is 49.8 Å². The van der Waals surface area contributed by atoms with Gasteiger partial charge in [-0.2, -0.15) is 5.10 Å². The van der Waals surface area contributed by atoms with Gasteiger partial charge in [-0.1, -0.05) is 26.7 Å². The summed E-state index contributed by atoms with van der Waals surface area (Å²) < 4.78 is 2.12. The van der Waals surface area contributed by atoms with Gasteiger partial charge in [-0.05, 0) is 45.8 Å². The van der Waals surface area contributed by atoms with Crippen LogP contribution in [0.25, 0.3) is 0 Å². The molecule has 1 aromatic rings. The van der Waals surface area contributed by atoms with Crippen LogP contribution in [0.5, 0.6) is 0 Å². The minimum absolute atomic E-state index is 0.165. The molecule has 0 saturated heterocycles. The molecule has 0 bridgehead atoms. The Morgan fingerprint density at radius 1 is 1.29 bits per heavy atom. The third kappa shape index (κ3) is 3.32. The van der Waals surface area contributed by atoms with Crippen LogP contribution in [0.4, 0.5) is 0 Å². The van der Waals surface area contributed by atoms with Gasteiger partial charge in [0.1, 0.15) is 0 Å². The molecular formula is C17H32N4. The Morgan fingerprint density at radius 2 is 1.90 bits per heavy atom. The first-order valence-electron chi connectivity index (χ1n) is 8.50. The minimum atomic E-state index is 0.165. The van der Waals surface area contributed by atoms with Crippen LogP contribution < -0.4 is 5.73 Å². The molecule has 21 heavy (non-hydrogen) atoms. The van der Waals surface area contributed by atoms with Gasteiger partial charge in [0.2, 0.25) is 0 Å². The molecule has 120 valence electrons. The summed E-state index contributed by atoms with van der Waals surface area (Å²) in [6.45, 7) is 4.45. The number of likely N-dealkylation sites (N-methyl/N-ethyl adjacent to an activating group) is 1. The van der Waals surface area contributed by atoms with E-state index in [-0.39, 0.29) is 11.6 Å². The normalized spacial score (nSPS) is 19.6. The minimum Gasteiger partial charge on any atom is -0.326 e. The molecule has 4 heteroatoms. The molecule has 0 radical (unpaired) electrons. The Hall–Kier alpha value is -0.870. The topological polar surface area (TPSA) is 47.1 Å². The zero-order valence-electron chi connectivity index (χ0n) is 14.2. The fraction of sp³-hybridized carbons (Fsp3) is 0.824. The van der Waals surface area contributed by atoms with Crippen LogP contribution in [0, 0.1) is 0 Å². The van der Waals surface area contributed by atoms with Crippen LogP contribution >= 0.6 is 0 Å². The van der Waals surface area contributed by atoms with Crippen molar-refractivity contribution in [1.29, 1.82) is 0 Å². The monoisotopic (exact) mass is 292 g/mol. The van der Waals surface area contributed by atoms with Gasteiger partial charge >= 0.3 is 0 Å². The zero-order valence-corrected chi connectivity index (χ0v) is 14.2. The predicted octanol–water partition coefficient (Wildman–Crippen LogP) is 2.99. The molecule has 1 aromatic heterocycles. The summed E-state index contributed by atoms with van der Waals surface area (Å²) >= 11 is 0. The maximum Gasteiger partial charge on any atom is 0.0640 e. The summed E-state index contributed by atoms with van der Waals surface area (Å²) in [5, 5.41) is 4.77. The van der Waals surface area contributed by atoms with Gasteiger partial charge in [-0.3, -0.25) is 4.68 Å². The summed E-state index contributed by atoms with van der Waals surface area (Å²) in [4.78, 5) is 2.35. The number of hydrogen-bond donors (Lipinski definition) is 1. The van der Waals surface area contributed by atoms with Gasteiger partial charge in [0, 0.05) is 24.2 Å². The highest BCUT2D eigenvalue weighted by Gasteiger charge is 2.41. The average molecular weight is 292 g/mol. The van der Waals surface area contributed by atoms with Crippen molar-refractivity contribution in [2.24, 2.45) is 5.73 Å². The van der Waals surface area contributed by atoms with Gasteiger partial charge in [0.05, 0.1) is 11.7 Å². The number of nitrogens with two attached hydrogens (primary N) is 1. The molecule has 2 N–H and O–H groups in total. The average Bonchev–Trinajstić information content (AvgIpc) is 3.10. The molecule has 1 atom stereocenters. The third-order valence-electron chi connectivity index (χ3n) is 5.46. The second-order valence-electron chi connectivity index (χ2n) is 6.77. The lowest BCUT2D eigenvalue weighted by Crippen LogP contribution is -2.56. The molecule has 1 fully saturated rings. The molecule has 1 unspecified atom stereocenters. The quantitative estimate of drug-likeness (QED) is 0.840. The molecular weight excluding hydrogens is 260 g/mol. The number of rotatable bonds is 7. The smallest absolute Gasteiger partial charge is 0.0640 e. The summed E-state index contributed by atoms with van der Waals surface area (Å²) in [7, 11) is 4.35. The Labute approximate surface area is 129 Å². The molecule has 0 aromatic carbocycles. The molecule has 1 saturated carbocycles. The van der Waals surface area contributed by atoms with E-state index in [9.17, 15) is 0 Å². The van der Waals surface area contributed by atoms with Gasteiger partial charge in [0.15, 0.2) is 0 Å². The van der Waals surface area contributed by atoms with Crippen molar-refractivity contribution in [2.45, 2.75) is 76.4 Å².